The number of methoxy groups -OCH3 is 1. The standard InChI is InChI=1S/C15H16O2/c1-11(2)10-17-15-9-5-6-12-13(15)7-4-8-14(12)16-3/h4-9H,1,10H2,2-3H3. The van der Waals surface area contributed by atoms with Crippen LogP contribution in [0.4, 0.5) is 0 Å². The summed E-state index contributed by atoms with van der Waals surface area (Å²) in [6.07, 6.45) is 0. The molecule has 0 spiro atoms. The third-order valence-corrected chi connectivity index (χ3v) is 2.54. The largest absolute Gasteiger partial charge is 0.496 e. The van der Waals surface area contributed by atoms with Gasteiger partial charge < -0.3 is 9.47 Å². The maximum absolute atomic E-state index is 5.73. The van der Waals surface area contributed by atoms with Crippen LogP contribution in [0.15, 0.2) is 48.6 Å². The first kappa shape index (κ1) is 11.5. The maximum Gasteiger partial charge on any atom is 0.127 e. The summed E-state index contributed by atoms with van der Waals surface area (Å²) in [5.74, 6) is 1.73. The zero-order valence-electron chi connectivity index (χ0n) is 10.2. The zero-order valence-corrected chi connectivity index (χ0v) is 10.2. The summed E-state index contributed by atoms with van der Waals surface area (Å²) in [7, 11) is 1.68. The normalized spacial score (nSPS) is 10.2. The number of hydrogen-bond acceptors (Lipinski definition) is 2. The number of benzene rings is 2. The molecule has 0 unspecified atom stereocenters. The second-order valence-electron chi connectivity index (χ2n) is 4.06. The lowest BCUT2D eigenvalue weighted by Gasteiger charge is -2.11. The summed E-state index contributed by atoms with van der Waals surface area (Å²) in [6.45, 7) is 6.32. The third-order valence-electron chi connectivity index (χ3n) is 2.54. The average molecular weight is 228 g/mol. The summed E-state index contributed by atoms with van der Waals surface area (Å²) < 4.78 is 11.1. The Morgan fingerprint density at radius 2 is 1.65 bits per heavy atom. The van der Waals surface area contributed by atoms with Gasteiger partial charge in [-0.1, -0.05) is 30.8 Å². The Kier molecular flexibility index (Phi) is 3.33. The Hall–Kier alpha value is -1.96. The molecular weight excluding hydrogens is 212 g/mol. The molecule has 0 saturated carbocycles. The molecule has 17 heavy (non-hydrogen) atoms. The van der Waals surface area contributed by atoms with Crippen molar-refractivity contribution in [3.63, 3.8) is 0 Å². The van der Waals surface area contributed by atoms with E-state index in [4.69, 9.17) is 9.47 Å². The third kappa shape index (κ3) is 2.41. The van der Waals surface area contributed by atoms with Crippen molar-refractivity contribution in [2.24, 2.45) is 0 Å². The van der Waals surface area contributed by atoms with Gasteiger partial charge in [0.05, 0.1) is 7.11 Å². The monoisotopic (exact) mass is 228 g/mol. The molecule has 0 aliphatic carbocycles. The molecule has 0 heterocycles. The first-order valence-corrected chi connectivity index (χ1v) is 5.55. The molecule has 2 nitrogen and oxygen atoms in total. The first-order valence-electron chi connectivity index (χ1n) is 5.55. The Morgan fingerprint density at radius 1 is 1.06 bits per heavy atom. The van der Waals surface area contributed by atoms with E-state index in [1.165, 1.54) is 0 Å². The Balaban J connectivity index is 2.46. The van der Waals surface area contributed by atoms with E-state index in [9.17, 15) is 0 Å². The molecule has 0 atom stereocenters. The van der Waals surface area contributed by atoms with E-state index in [0.717, 1.165) is 27.8 Å². The van der Waals surface area contributed by atoms with Crippen molar-refractivity contribution >= 4 is 10.8 Å². The van der Waals surface area contributed by atoms with Gasteiger partial charge in [-0.2, -0.15) is 0 Å². The number of fused-ring (bicyclic) bond motifs is 1. The van der Waals surface area contributed by atoms with Gasteiger partial charge in [0.25, 0.3) is 0 Å². The van der Waals surface area contributed by atoms with E-state index in [-0.39, 0.29) is 0 Å². The molecule has 0 fully saturated rings. The molecule has 0 radical (unpaired) electrons. The molecule has 2 aromatic carbocycles. The van der Waals surface area contributed by atoms with E-state index in [1.807, 2.05) is 43.3 Å². The molecule has 0 aromatic heterocycles. The van der Waals surface area contributed by atoms with Crippen LogP contribution in [0.2, 0.25) is 0 Å². The van der Waals surface area contributed by atoms with Gasteiger partial charge in [0, 0.05) is 10.8 Å². The predicted octanol–water partition coefficient (Wildman–Crippen LogP) is 3.80. The van der Waals surface area contributed by atoms with Gasteiger partial charge in [-0.15, -0.1) is 0 Å². The molecule has 88 valence electrons. The second-order valence-corrected chi connectivity index (χ2v) is 4.06. The van der Waals surface area contributed by atoms with E-state index in [0.29, 0.717) is 6.61 Å². The van der Waals surface area contributed by atoms with Crippen molar-refractivity contribution in [2.45, 2.75) is 6.92 Å². The summed E-state index contributed by atoms with van der Waals surface area (Å²) in [5, 5.41) is 2.13. The minimum atomic E-state index is 0.538. The van der Waals surface area contributed by atoms with Gasteiger partial charge >= 0.3 is 0 Å². The van der Waals surface area contributed by atoms with Crippen LogP contribution in [0, 0.1) is 0 Å². The Labute approximate surface area is 101 Å². The van der Waals surface area contributed by atoms with Crippen molar-refractivity contribution in [3.05, 3.63) is 48.6 Å². The smallest absolute Gasteiger partial charge is 0.127 e. The summed E-state index contributed by atoms with van der Waals surface area (Å²) in [4.78, 5) is 0. The van der Waals surface area contributed by atoms with Crippen LogP contribution >= 0.6 is 0 Å². The topological polar surface area (TPSA) is 18.5 Å². The SMILES string of the molecule is C=C(C)COc1cccc2c(OC)cccc12. The molecule has 2 rings (SSSR count). The molecular formula is C15H16O2. The van der Waals surface area contributed by atoms with Crippen molar-refractivity contribution in [1.29, 1.82) is 0 Å². The lowest BCUT2D eigenvalue weighted by molar-refractivity contribution is 0.356. The highest BCUT2D eigenvalue weighted by Gasteiger charge is 2.05. The van der Waals surface area contributed by atoms with Gasteiger partial charge in [0.1, 0.15) is 18.1 Å². The Morgan fingerprint density at radius 3 is 2.24 bits per heavy atom. The van der Waals surface area contributed by atoms with Crippen molar-refractivity contribution in [1.82, 2.24) is 0 Å². The van der Waals surface area contributed by atoms with Crippen LogP contribution in [-0.4, -0.2) is 13.7 Å². The summed E-state index contributed by atoms with van der Waals surface area (Å²) in [5.41, 5.74) is 1.00. The van der Waals surface area contributed by atoms with Gasteiger partial charge in [-0.3, -0.25) is 0 Å². The molecule has 2 aromatic rings. The Bertz CT molecular complexity index is 544. The first-order chi connectivity index (χ1) is 8.22. The lowest BCUT2D eigenvalue weighted by atomic mass is 10.1. The van der Waals surface area contributed by atoms with E-state index in [2.05, 4.69) is 6.58 Å². The van der Waals surface area contributed by atoms with Gasteiger partial charge in [0.15, 0.2) is 0 Å². The van der Waals surface area contributed by atoms with Gasteiger partial charge in [-0.05, 0) is 24.6 Å². The van der Waals surface area contributed by atoms with Gasteiger partial charge in [0.2, 0.25) is 0 Å². The van der Waals surface area contributed by atoms with Crippen molar-refractivity contribution < 1.29 is 9.47 Å². The molecule has 0 aliphatic heterocycles. The molecule has 0 amide bonds. The minimum absolute atomic E-state index is 0.538. The summed E-state index contributed by atoms with van der Waals surface area (Å²) >= 11 is 0. The fourth-order valence-corrected chi connectivity index (χ4v) is 1.76. The van der Waals surface area contributed by atoms with E-state index in [1.54, 1.807) is 7.11 Å². The minimum Gasteiger partial charge on any atom is -0.496 e. The molecule has 0 aliphatic rings. The fourth-order valence-electron chi connectivity index (χ4n) is 1.76. The van der Waals surface area contributed by atoms with Crippen LogP contribution < -0.4 is 9.47 Å². The maximum atomic E-state index is 5.73. The predicted molar refractivity (Wildman–Crippen MR) is 70.8 cm³/mol. The van der Waals surface area contributed by atoms with Crippen LogP contribution in [0.25, 0.3) is 10.8 Å². The average Bonchev–Trinajstić information content (AvgIpc) is 2.35. The number of hydrogen-bond donors (Lipinski definition) is 0. The second kappa shape index (κ2) is 4.91. The highest BCUT2D eigenvalue weighted by atomic mass is 16.5. The number of ether oxygens (including phenoxy) is 2. The highest BCUT2D eigenvalue weighted by Crippen LogP contribution is 2.31. The van der Waals surface area contributed by atoms with E-state index >= 15 is 0 Å². The highest BCUT2D eigenvalue weighted by molar-refractivity contribution is 5.93. The molecule has 0 saturated heterocycles. The van der Waals surface area contributed by atoms with Crippen LogP contribution in [0.1, 0.15) is 6.92 Å². The van der Waals surface area contributed by atoms with E-state index < -0.39 is 0 Å². The summed E-state index contributed by atoms with van der Waals surface area (Å²) in [6, 6.07) is 11.9. The number of rotatable bonds is 4. The fraction of sp³-hybridized carbons (Fsp3) is 0.200. The van der Waals surface area contributed by atoms with Crippen LogP contribution in [-0.2, 0) is 0 Å². The zero-order chi connectivity index (χ0) is 12.3. The van der Waals surface area contributed by atoms with Crippen molar-refractivity contribution in [2.75, 3.05) is 13.7 Å². The van der Waals surface area contributed by atoms with Crippen molar-refractivity contribution in [3.8, 4) is 11.5 Å². The molecule has 0 N–H and O–H groups in total. The quantitative estimate of drug-likeness (QED) is 0.741. The van der Waals surface area contributed by atoms with Gasteiger partial charge in [-0.25, -0.2) is 0 Å². The lowest BCUT2D eigenvalue weighted by Crippen LogP contribution is -1.98. The van der Waals surface area contributed by atoms with Crippen LogP contribution in [0.5, 0.6) is 11.5 Å². The van der Waals surface area contributed by atoms with Crippen LogP contribution in [0.3, 0.4) is 0 Å². The molecule has 0 bridgehead atoms. The molecule has 2 heteroatoms.